The third-order valence-corrected chi connectivity index (χ3v) is 2.45. The summed E-state index contributed by atoms with van der Waals surface area (Å²) in [5, 5.41) is 2.64. The molecule has 18 heavy (non-hydrogen) atoms. The van der Waals surface area contributed by atoms with Crippen molar-refractivity contribution in [1.82, 2.24) is 9.97 Å². The monoisotopic (exact) mass is 265 g/mol. The molecule has 0 unspecified atom stereocenters. The van der Waals surface area contributed by atoms with E-state index in [-0.39, 0.29) is 16.5 Å². The van der Waals surface area contributed by atoms with Gasteiger partial charge in [-0.15, -0.1) is 0 Å². The van der Waals surface area contributed by atoms with Gasteiger partial charge >= 0.3 is 0 Å². The Morgan fingerprint density at radius 1 is 1.33 bits per heavy atom. The normalized spacial score (nSPS) is 10.2. The van der Waals surface area contributed by atoms with Gasteiger partial charge in [0, 0.05) is 6.07 Å². The molecule has 0 bridgehead atoms. The predicted molar refractivity (Wildman–Crippen MR) is 66.1 cm³/mol. The van der Waals surface area contributed by atoms with Crippen LogP contribution in [0.1, 0.15) is 15.9 Å². The van der Waals surface area contributed by atoms with Gasteiger partial charge in [-0.2, -0.15) is 0 Å². The van der Waals surface area contributed by atoms with Crippen molar-refractivity contribution >= 4 is 23.3 Å². The summed E-state index contributed by atoms with van der Waals surface area (Å²) in [4.78, 5) is 19.3. The molecule has 1 amide bonds. The molecule has 1 aromatic carbocycles. The summed E-state index contributed by atoms with van der Waals surface area (Å²) < 4.78 is 13.6. The van der Waals surface area contributed by atoms with Crippen molar-refractivity contribution in [2.24, 2.45) is 0 Å². The topological polar surface area (TPSA) is 54.9 Å². The number of anilines is 1. The molecular formula is C12H9ClFN3O. The standard InChI is InChI=1S/C12H9ClFN3O/c1-7-2-3-8(9(14)4-7)12(18)17-11-5-10(13)15-6-16-11/h2-6H,1H3,(H,15,16,17,18). The van der Waals surface area contributed by atoms with Crippen LogP contribution in [0.2, 0.25) is 5.15 Å². The van der Waals surface area contributed by atoms with E-state index in [0.717, 1.165) is 5.56 Å². The molecule has 2 aromatic rings. The summed E-state index contributed by atoms with van der Waals surface area (Å²) in [5.41, 5.74) is 0.699. The zero-order chi connectivity index (χ0) is 13.1. The Bertz CT molecular complexity index is 604. The zero-order valence-corrected chi connectivity index (χ0v) is 10.2. The quantitative estimate of drug-likeness (QED) is 0.850. The van der Waals surface area contributed by atoms with Crippen LogP contribution in [0.5, 0.6) is 0 Å². The molecule has 1 N–H and O–H groups in total. The fourth-order valence-electron chi connectivity index (χ4n) is 1.39. The van der Waals surface area contributed by atoms with E-state index in [1.54, 1.807) is 13.0 Å². The Balaban J connectivity index is 2.22. The third-order valence-electron chi connectivity index (χ3n) is 2.24. The van der Waals surface area contributed by atoms with Crippen molar-refractivity contribution in [3.63, 3.8) is 0 Å². The summed E-state index contributed by atoms with van der Waals surface area (Å²) in [6, 6.07) is 5.75. The highest BCUT2D eigenvalue weighted by atomic mass is 35.5. The predicted octanol–water partition coefficient (Wildman–Crippen LogP) is 2.83. The van der Waals surface area contributed by atoms with E-state index in [1.807, 2.05) is 0 Å². The SMILES string of the molecule is Cc1ccc(C(=O)Nc2cc(Cl)ncn2)c(F)c1. The fraction of sp³-hybridized carbons (Fsp3) is 0.0833. The Hall–Kier alpha value is -2.01. The second kappa shape index (κ2) is 5.10. The third kappa shape index (κ3) is 2.81. The van der Waals surface area contributed by atoms with Crippen molar-refractivity contribution in [3.8, 4) is 0 Å². The Kier molecular flexibility index (Phi) is 3.53. The van der Waals surface area contributed by atoms with Gasteiger partial charge in [0.1, 0.15) is 23.1 Å². The number of aryl methyl sites for hydroxylation is 1. The number of rotatable bonds is 2. The van der Waals surface area contributed by atoms with Gasteiger partial charge in [-0.05, 0) is 24.6 Å². The van der Waals surface area contributed by atoms with Gasteiger partial charge in [0.2, 0.25) is 0 Å². The molecule has 0 aliphatic carbocycles. The molecule has 6 heteroatoms. The zero-order valence-electron chi connectivity index (χ0n) is 9.45. The first-order chi connectivity index (χ1) is 8.56. The number of nitrogens with one attached hydrogen (secondary N) is 1. The highest BCUT2D eigenvalue weighted by Crippen LogP contribution is 2.13. The van der Waals surface area contributed by atoms with Crippen LogP contribution in [0.25, 0.3) is 0 Å². The lowest BCUT2D eigenvalue weighted by Crippen LogP contribution is -2.14. The molecule has 4 nitrogen and oxygen atoms in total. The van der Waals surface area contributed by atoms with Gasteiger partial charge in [-0.25, -0.2) is 14.4 Å². The molecule has 0 saturated heterocycles. The van der Waals surface area contributed by atoms with Crippen molar-refractivity contribution in [2.75, 3.05) is 5.32 Å². The van der Waals surface area contributed by atoms with E-state index in [2.05, 4.69) is 15.3 Å². The summed E-state index contributed by atoms with van der Waals surface area (Å²) in [6.07, 6.45) is 1.21. The van der Waals surface area contributed by atoms with Gasteiger partial charge in [0.25, 0.3) is 5.91 Å². The second-order valence-corrected chi connectivity index (χ2v) is 4.05. The lowest BCUT2D eigenvalue weighted by Gasteiger charge is -2.05. The van der Waals surface area contributed by atoms with E-state index in [9.17, 15) is 9.18 Å². The van der Waals surface area contributed by atoms with E-state index >= 15 is 0 Å². The molecule has 0 fully saturated rings. The average Bonchev–Trinajstić information content (AvgIpc) is 2.28. The number of benzene rings is 1. The number of halogens is 2. The van der Waals surface area contributed by atoms with Crippen LogP contribution in [0, 0.1) is 12.7 Å². The Morgan fingerprint density at radius 2 is 2.11 bits per heavy atom. The Morgan fingerprint density at radius 3 is 2.78 bits per heavy atom. The largest absolute Gasteiger partial charge is 0.306 e. The lowest BCUT2D eigenvalue weighted by molar-refractivity contribution is 0.102. The van der Waals surface area contributed by atoms with Crippen molar-refractivity contribution in [3.05, 3.63) is 52.7 Å². The molecule has 0 radical (unpaired) electrons. The average molecular weight is 266 g/mol. The van der Waals surface area contributed by atoms with Crippen molar-refractivity contribution in [2.45, 2.75) is 6.92 Å². The first-order valence-electron chi connectivity index (χ1n) is 5.11. The van der Waals surface area contributed by atoms with Crippen LogP contribution >= 0.6 is 11.6 Å². The minimum Gasteiger partial charge on any atom is -0.306 e. The molecule has 0 aliphatic heterocycles. The van der Waals surface area contributed by atoms with Crippen LogP contribution in [-0.4, -0.2) is 15.9 Å². The highest BCUT2D eigenvalue weighted by Gasteiger charge is 2.12. The molecule has 1 aromatic heterocycles. The summed E-state index contributed by atoms with van der Waals surface area (Å²) in [6.45, 7) is 1.74. The maximum atomic E-state index is 13.6. The van der Waals surface area contributed by atoms with Crippen LogP contribution < -0.4 is 5.32 Å². The molecule has 0 spiro atoms. The van der Waals surface area contributed by atoms with E-state index in [4.69, 9.17) is 11.6 Å². The Labute approximate surface area is 108 Å². The van der Waals surface area contributed by atoms with E-state index in [0.29, 0.717) is 0 Å². The molecule has 0 atom stereocenters. The van der Waals surface area contributed by atoms with Crippen LogP contribution in [0.4, 0.5) is 10.2 Å². The number of carbonyl (C=O) groups excluding carboxylic acids is 1. The van der Waals surface area contributed by atoms with Gasteiger partial charge in [-0.3, -0.25) is 4.79 Å². The maximum absolute atomic E-state index is 13.6. The summed E-state index contributed by atoms with van der Waals surface area (Å²) >= 11 is 5.65. The molecule has 1 heterocycles. The molecule has 92 valence electrons. The summed E-state index contributed by atoms with van der Waals surface area (Å²) in [7, 11) is 0. The smallest absolute Gasteiger partial charge is 0.259 e. The molecule has 2 rings (SSSR count). The van der Waals surface area contributed by atoms with Crippen molar-refractivity contribution < 1.29 is 9.18 Å². The number of aromatic nitrogens is 2. The van der Waals surface area contributed by atoms with Crippen LogP contribution in [0.3, 0.4) is 0 Å². The van der Waals surface area contributed by atoms with E-state index < -0.39 is 11.7 Å². The van der Waals surface area contributed by atoms with Gasteiger partial charge in [0.05, 0.1) is 5.56 Å². The first-order valence-corrected chi connectivity index (χ1v) is 5.49. The number of amides is 1. The lowest BCUT2D eigenvalue weighted by atomic mass is 10.1. The minimum absolute atomic E-state index is 0.0460. The first kappa shape index (κ1) is 12.4. The minimum atomic E-state index is -0.581. The molecular weight excluding hydrogens is 257 g/mol. The van der Waals surface area contributed by atoms with E-state index in [1.165, 1.54) is 24.5 Å². The van der Waals surface area contributed by atoms with Crippen molar-refractivity contribution in [1.29, 1.82) is 0 Å². The molecule has 0 saturated carbocycles. The number of carbonyl (C=O) groups is 1. The van der Waals surface area contributed by atoms with Gasteiger partial charge < -0.3 is 5.32 Å². The van der Waals surface area contributed by atoms with Gasteiger partial charge in [0.15, 0.2) is 0 Å². The second-order valence-electron chi connectivity index (χ2n) is 3.66. The number of nitrogens with zero attached hydrogens (tertiary/aromatic N) is 2. The highest BCUT2D eigenvalue weighted by molar-refractivity contribution is 6.29. The van der Waals surface area contributed by atoms with Crippen LogP contribution in [-0.2, 0) is 0 Å². The maximum Gasteiger partial charge on any atom is 0.259 e. The summed E-state index contributed by atoms with van der Waals surface area (Å²) in [5.74, 6) is -0.935. The fourth-order valence-corrected chi connectivity index (χ4v) is 1.54. The number of hydrogen-bond acceptors (Lipinski definition) is 3. The number of hydrogen-bond donors (Lipinski definition) is 1. The molecule has 0 aliphatic rings. The van der Waals surface area contributed by atoms with Crippen LogP contribution in [0.15, 0.2) is 30.6 Å². The van der Waals surface area contributed by atoms with Gasteiger partial charge in [-0.1, -0.05) is 17.7 Å².